The fraction of sp³-hybridized carbons (Fsp3) is 0.436. The zero-order valence-corrected chi connectivity index (χ0v) is 45.0. The maximum atomic E-state index is 14.9. The van der Waals surface area contributed by atoms with Crippen molar-refractivity contribution in [1.29, 1.82) is 0 Å². The molecule has 3 aromatic carbocycles. The van der Waals surface area contributed by atoms with Crippen LogP contribution in [0.4, 0.5) is 0 Å². The van der Waals surface area contributed by atoms with Crippen molar-refractivity contribution in [2.45, 2.75) is 115 Å². The highest BCUT2D eigenvalue weighted by atomic mass is 16.4. The number of likely N-dealkylation sites (N-methyl/N-ethyl adjacent to an activating group) is 1. The number of hydrogen-bond donors (Lipinski definition) is 11. The molecule has 5 rings (SSSR count). The topological polar surface area (TPSA) is 366 Å². The summed E-state index contributed by atoms with van der Waals surface area (Å²) in [6, 6.07) is 12.7. The Morgan fingerprint density at radius 1 is 0.734 bits per heavy atom. The summed E-state index contributed by atoms with van der Waals surface area (Å²) in [5.74, 6) is -8.94. The number of nitrogens with one attached hydrogen (secondary N) is 7. The van der Waals surface area contributed by atoms with Crippen LogP contribution < -0.4 is 43.4 Å². The minimum Gasteiger partial charge on any atom is -0.508 e. The number of aromatic hydroxyl groups is 1. The summed E-state index contributed by atoms with van der Waals surface area (Å²) in [7, 11) is 1.56. The molecular weight excluding hydrogens is 1020 g/mol. The Labute approximate surface area is 458 Å². The van der Waals surface area contributed by atoms with E-state index < -0.39 is 107 Å². The molecule has 0 spiro atoms. The molecule has 424 valence electrons. The van der Waals surface area contributed by atoms with E-state index in [1.807, 2.05) is 0 Å². The third-order valence-electron chi connectivity index (χ3n) is 13.2. The molecular formula is C55H73N13O11. The van der Waals surface area contributed by atoms with Crippen LogP contribution in [-0.2, 0) is 57.6 Å². The number of H-pyrrole nitrogens is 1. The van der Waals surface area contributed by atoms with Crippen molar-refractivity contribution in [2.75, 3.05) is 26.7 Å². The second-order valence-corrected chi connectivity index (χ2v) is 19.9. The third-order valence-corrected chi connectivity index (χ3v) is 13.2. The van der Waals surface area contributed by atoms with Gasteiger partial charge in [0, 0.05) is 49.8 Å². The summed E-state index contributed by atoms with van der Waals surface area (Å²) in [5.41, 5.74) is 12.4. The highest BCUT2D eigenvalue weighted by Gasteiger charge is 2.45. The lowest BCUT2D eigenvalue weighted by molar-refractivity contribution is -0.151. The molecule has 7 unspecified atom stereocenters. The van der Waals surface area contributed by atoms with Crippen molar-refractivity contribution < 1.29 is 53.4 Å². The smallest absolute Gasteiger partial charge is 0.327 e. The van der Waals surface area contributed by atoms with Gasteiger partial charge >= 0.3 is 5.97 Å². The number of phenols is 1. The van der Waals surface area contributed by atoms with Crippen LogP contribution in [0, 0.1) is 11.8 Å². The maximum Gasteiger partial charge on any atom is 0.327 e. The summed E-state index contributed by atoms with van der Waals surface area (Å²) in [6.07, 6.45) is 3.05. The van der Waals surface area contributed by atoms with Gasteiger partial charge in [-0.3, -0.25) is 48.2 Å². The number of aromatic amines is 1. The van der Waals surface area contributed by atoms with Crippen LogP contribution in [0.15, 0.2) is 102 Å². The quantitative estimate of drug-likeness (QED) is 0.0157. The summed E-state index contributed by atoms with van der Waals surface area (Å²) in [5, 5.41) is 37.0. The average molecular weight is 1090 g/mol. The molecule has 0 aliphatic carbocycles. The number of rotatable bonds is 28. The van der Waals surface area contributed by atoms with Crippen molar-refractivity contribution in [1.82, 2.24) is 51.7 Å². The fourth-order valence-corrected chi connectivity index (χ4v) is 9.06. The zero-order chi connectivity index (χ0) is 57.8. The number of hydrogen-bond acceptors (Lipinski definition) is 13. The van der Waals surface area contributed by atoms with Crippen LogP contribution in [0.25, 0.3) is 0 Å². The molecule has 8 amide bonds. The predicted octanol–water partition coefficient (Wildman–Crippen LogP) is 0.265. The van der Waals surface area contributed by atoms with Gasteiger partial charge in [0.05, 0.1) is 12.9 Å². The summed E-state index contributed by atoms with van der Waals surface area (Å²) >= 11 is 0. The number of likely N-dealkylation sites (tertiary alicyclic amines) is 1. The lowest BCUT2D eigenvalue weighted by atomic mass is 9.98. The molecule has 7 atom stereocenters. The third kappa shape index (κ3) is 17.9. The molecule has 1 aromatic heterocycles. The van der Waals surface area contributed by atoms with Gasteiger partial charge in [-0.05, 0) is 80.0 Å². The van der Waals surface area contributed by atoms with Crippen molar-refractivity contribution in [3.63, 3.8) is 0 Å². The van der Waals surface area contributed by atoms with Gasteiger partial charge in [0.2, 0.25) is 35.4 Å². The lowest BCUT2D eigenvalue weighted by Crippen LogP contribution is -2.62. The number of carboxylic acid groups (broad SMARTS) is 1. The zero-order valence-electron chi connectivity index (χ0n) is 45.0. The van der Waals surface area contributed by atoms with Gasteiger partial charge in [-0.2, -0.15) is 0 Å². The Bertz CT molecular complexity index is 2740. The molecule has 79 heavy (non-hydrogen) atoms. The number of aromatic nitrogens is 2. The van der Waals surface area contributed by atoms with Crippen molar-refractivity contribution in [2.24, 2.45) is 28.3 Å². The normalized spacial score (nSPS) is 15.3. The van der Waals surface area contributed by atoms with Gasteiger partial charge in [0.25, 0.3) is 11.8 Å². The first kappa shape index (κ1) is 61.2. The molecule has 0 saturated carbocycles. The van der Waals surface area contributed by atoms with Crippen LogP contribution in [0.3, 0.4) is 0 Å². The first-order chi connectivity index (χ1) is 37.7. The number of carbonyl (C=O) groups is 9. The van der Waals surface area contributed by atoms with Crippen LogP contribution in [0.1, 0.15) is 80.6 Å². The SMILES string of the molecule is CNCC(=O)NC(CCCN=C(N)N)C(=O)NC(C(=O)NC(Cc1ccc(O)cc1)C(=O)NC(C(=O)NC(Cc1cnc[nH]1)C(=O)N1CCCC1C(=O)N(C(=O)c1ccccc1)C(Cc1ccccc1)C(=O)O)C(C)C)C(C)C. The number of phenolic OH excluding ortho intramolecular Hbond substituents is 1. The van der Waals surface area contributed by atoms with Crippen molar-refractivity contribution >= 4 is 59.2 Å². The number of imide groups is 1. The molecule has 24 heteroatoms. The number of carboxylic acids is 1. The lowest BCUT2D eigenvalue weighted by Gasteiger charge is -2.34. The molecule has 1 fully saturated rings. The number of carbonyl (C=O) groups excluding carboxylic acids is 8. The van der Waals surface area contributed by atoms with Gasteiger partial charge in [0.1, 0.15) is 48.0 Å². The minimum absolute atomic E-state index is 0.0141. The second-order valence-electron chi connectivity index (χ2n) is 19.9. The monoisotopic (exact) mass is 1090 g/mol. The average Bonchev–Trinajstić information content (AvgIpc) is 4.28. The van der Waals surface area contributed by atoms with E-state index in [0.717, 1.165) is 0 Å². The van der Waals surface area contributed by atoms with Crippen LogP contribution in [0.5, 0.6) is 5.75 Å². The van der Waals surface area contributed by atoms with Crippen LogP contribution in [-0.4, -0.2) is 158 Å². The van der Waals surface area contributed by atoms with E-state index in [1.54, 1.807) is 95.4 Å². The molecule has 13 N–H and O–H groups in total. The standard InChI is InChI=1S/C55H73N13O11/c1-32(2)45(65-47(71)39(62-44(70)30-58-5)18-12-24-60-55(56)57)49(73)63-40(26-35-20-22-38(69)23-21-35)48(72)66-46(33(3)4)50(74)64-41(28-37-29-59-31-61-37)52(76)67-25-13-19-42(67)53(77)68(51(75)36-16-10-7-11-17-36)43(54(78)79)27-34-14-8-6-9-15-34/h6-11,14-17,20-23,29,31-33,39-43,45-46,58,69H,12-13,18-19,24-28,30H2,1-5H3,(H,59,61)(H,62,70)(H,63,73)(H,64,74)(H,65,71)(H,66,72)(H,78,79)(H4,56,57,60). The van der Waals surface area contributed by atoms with E-state index in [1.165, 1.54) is 41.7 Å². The fourth-order valence-electron chi connectivity index (χ4n) is 9.06. The van der Waals surface area contributed by atoms with Crippen molar-refractivity contribution in [3.05, 3.63) is 120 Å². The van der Waals surface area contributed by atoms with E-state index in [4.69, 9.17) is 11.5 Å². The minimum atomic E-state index is -1.66. The summed E-state index contributed by atoms with van der Waals surface area (Å²) in [6.45, 7) is 6.73. The molecule has 1 saturated heterocycles. The number of nitrogens with zero attached hydrogens (tertiary/aromatic N) is 4. The molecule has 0 bridgehead atoms. The van der Waals surface area contributed by atoms with Gasteiger partial charge in [-0.25, -0.2) is 9.78 Å². The highest BCUT2D eigenvalue weighted by Crippen LogP contribution is 2.25. The largest absolute Gasteiger partial charge is 0.508 e. The number of benzene rings is 3. The van der Waals surface area contributed by atoms with Crippen molar-refractivity contribution in [3.8, 4) is 5.75 Å². The predicted molar refractivity (Wildman–Crippen MR) is 291 cm³/mol. The maximum absolute atomic E-state index is 14.9. The van der Waals surface area contributed by atoms with E-state index in [2.05, 4.69) is 46.9 Å². The molecule has 2 heterocycles. The van der Waals surface area contributed by atoms with Gasteiger partial charge in [-0.1, -0.05) is 88.4 Å². The van der Waals surface area contributed by atoms with E-state index in [0.29, 0.717) is 34.6 Å². The number of aliphatic imine (C=N–C) groups is 1. The number of imidazole rings is 1. The Balaban J connectivity index is 1.41. The first-order valence-electron chi connectivity index (χ1n) is 26.1. The number of nitrogens with two attached hydrogens (primary N) is 2. The highest BCUT2D eigenvalue weighted by molar-refractivity contribution is 6.09. The summed E-state index contributed by atoms with van der Waals surface area (Å²) in [4.78, 5) is 140. The molecule has 1 aliphatic rings. The van der Waals surface area contributed by atoms with Gasteiger partial charge < -0.3 is 63.5 Å². The second kappa shape index (κ2) is 29.7. The van der Waals surface area contributed by atoms with Crippen LogP contribution >= 0.6 is 0 Å². The van der Waals surface area contributed by atoms with E-state index >= 15 is 0 Å². The number of aliphatic carboxylic acids is 1. The molecule has 24 nitrogen and oxygen atoms in total. The van der Waals surface area contributed by atoms with E-state index in [9.17, 15) is 53.4 Å². The molecule has 4 aromatic rings. The molecule has 1 aliphatic heterocycles. The number of amides is 8. The first-order valence-corrected chi connectivity index (χ1v) is 26.1. The summed E-state index contributed by atoms with van der Waals surface area (Å²) < 4.78 is 0. The van der Waals surface area contributed by atoms with Crippen LogP contribution in [0.2, 0.25) is 0 Å². The Hall–Kier alpha value is -8.67. The van der Waals surface area contributed by atoms with Gasteiger partial charge in [0.15, 0.2) is 5.96 Å². The Kier molecular flexibility index (Phi) is 23.0. The van der Waals surface area contributed by atoms with Gasteiger partial charge in [-0.15, -0.1) is 0 Å². The number of guanidine groups is 1. The Morgan fingerprint density at radius 3 is 1.87 bits per heavy atom. The Morgan fingerprint density at radius 2 is 1.32 bits per heavy atom. The molecule has 0 radical (unpaired) electrons. The van der Waals surface area contributed by atoms with E-state index in [-0.39, 0.29) is 69.0 Å².